The van der Waals surface area contributed by atoms with Crippen LogP contribution in [0.1, 0.15) is 21.0 Å². The number of anilines is 1. The molecule has 0 fully saturated rings. The van der Waals surface area contributed by atoms with E-state index in [1.165, 1.54) is 18.7 Å². The number of nitrogen functional groups attached to an aromatic ring is 1. The van der Waals surface area contributed by atoms with Gasteiger partial charge in [-0.15, -0.1) is 0 Å². The normalized spacial score (nSPS) is 10.0. The summed E-state index contributed by atoms with van der Waals surface area (Å²) in [5.41, 5.74) is 5.58. The fraction of sp³-hybridized carbons (Fsp3) is 0.167. The Bertz CT molecular complexity index is 597. The molecule has 2 amide bonds. The summed E-state index contributed by atoms with van der Waals surface area (Å²) in [5.74, 6) is -0.509. The second-order valence-corrected chi connectivity index (χ2v) is 3.78. The lowest BCUT2D eigenvalue weighted by atomic mass is 10.3. The summed E-state index contributed by atoms with van der Waals surface area (Å²) in [6.07, 6.45) is 4.19. The van der Waals surface area contributed by atoms with Crippen LogP contribution in [0, 0.1) is 0 Å². The Morgan fingerprint density at radius 3 is 2.50 bits per heavy atom. The zero-order valence-corrected chi connectivity index (χ0v) is 10.5. The molecule has 0 aliphatic heterocycles. The van der Waals surface area contributed by atoms with Crippen molar-refractivity contribution in [1.82, 2.24) is 20.6 Å². The average molecular weight is 275 g/mol. The van der Waals surface area contributed by atoms with Crippen LogP contribution in [0.4, 0.5) is 5.82 Å². The molecule has 0 bridgehead atoms. The monoisotopic (exact) mass is 275 g/mol. The van der Waals surface area contributed by atoms with Crippen molar-refractivity contribution in [2.24, 2.45) is 0 Å². The molecular weight excluding hydrogens is 262 g/mol. The Labute approximate surface area is 114 Å². The number of carbonyl (C=O) groups excluding carboxylic acids is 2. The summed E-state index contributed by atoms with van der Waals surface area (Å²) in [4.78, 5) is 30.8. The van der Waals surface area contributed by atoms with Gasteiger partial charge >= 0.3 is 0 Å². The van der Waals surface area contributed by atoms with Gasteiger partial charge in [-0.2, -0.15) is 0 Å². The van der Waals surface area contributed by atoms with E-state index >= 15 is 0 Å². The summed E-state index contributed by atoms with van der Waals surface area (Å²) in [5, 5.41) is 5.17. The first-order valence-corrected chi connectivity index (χ1v) is 5.85. The molecule has 0 saturated carbocycles. The van der Waals surface area contributed by atoms with Crippen LogP contribution in [0.2, 0.25) is 0 Å². The minimum atomic E-state index is -0.442. The van der Waals surface area contributed by atoms with Crippen molar-refractivity contribution >= 4 is 17.6 Å². The molecule has 2 aromatic rings. The zero-order chi connectivity index (χ0) is 14.4. The van der Waals surface area contributed by atoms with Crippen molar-refractivity contribution in [2.45, 2.75) is 0 Å². The largest absolute Gasteiger partial charge is 0.459 e. The molecule has 0 saturated heterocycles. The van der Waals surface area contributed by atoms with Crippen molar-refractivity contribution in [2.75, 3.05) is 18.8 Å². The second-order valence-electron chi connectivity index (χ2n) is 3.78. The quantitative estimate of drug-likeness (QED) is 0.650. The van der Waals surface area contributed by atoms with Crippen molar-refractivity contribution in [1.29, 1.82) is 0 Å². The van der Waals surface area contributed by atoms with Gasteiger partial charge in [0.15, 0.2) is 17.3 Å². The maximum atomic E-state index is 11.7. The number of amides is 2. The predicted octanol–water partition coefficient (Wildman–Crippen LogP) is -0.188. The maximum absolute atomic E-state index is 11.7. The fourth-order valence-corrected chi connectivity index (χ4v) is 1.45. The van der Waals surface area contributed by atoms with E-state index in [0.29, 0.717) is 0 Å². The maximum Gasteiger partial charge on any atom is 0.287 e. The molecule has 8 nitrogen and oxygen atoms in total. The Kier molecular flexibility index (Phi) is 4.28. The lowest BCUT2D eigenvalue weighted by Crippen LogP contribution is -2.35. The highest BCUT2D eigenvalue weighted by molar-refractivity contribution is 5.96. The first-order chi connectivity index (χ1) is 9.68. The molecule has 2 aromatic heterocycles. The van der Waals surface area contributed by atoms with Gasteiger partial charge in [0.25, 0.3) is 11.8 Å². The lowest BCUT2D eigenvalue weighted by Gasteiger charge is -2.06. The predicted molar refractivity (Wildman–Crippen MR) is 69.8 cm³/mol. The molecule has 8 heteroatoms. The number of nitrogens with zero attached hydrogens (tertiary/aromatic N) is 2. The third-order valence-electron chi connectivity index (χ3n) is 2.38. The first-order valence-electron chi connectivity index (χ1n) is 5.85. The van der Waals surface area contributed by atoms with Crippen molar-refractivity contribution in [3.05, 3.63) is 42.2 Å². The summed E-state index contributed by atoms with van der Waals surface area (Å²) >= 11 is 0. The van der Waals surface area contributed by atoms with Gasteiger partial charge in [0.1, 0.15) is 0 Å². The molecule has 104 valence electrons. The molecule has 0 radical (unpaired) electrons. The van der Waals surface area contributed by atoms with Crippen LogP contribution in [-0.4, -0.2) is 34.9 Å². The van der Waals surface area contributed by atoms with E-state index in [1.807, 2.05) is 0 Å². The number of hydrogen-bond acceptors (Lipinski definition) is 6. The molecule has 0 spiro atoms. The summed E-state index contributed by atoms with van der Waals surface area (Å²) in [7, 11) is 0. The molecular formula is C12H13N5O3. The lowest BCUT2D eigenvalue weighted by molar-refractivity contribution is 0.0909. The van der Waals surface area contributed by atoms with Gasteiger partial charge in [-0.3, -0.25) is 9.59 Å². The summed E-state index contributed by atoms with van der Waals surface area (Å²) < 4.78 is 4.92. The Morgan fingerprint density at radius 2 is 1.85 bits per heavy atom. The minimum Gasteiger partial charge on any atom is -0.459 e. The van der Waals surface area contributed by atoms with E-state index in [1.54, 1.807) is 12.1 Å². The molecule has 0 atom stereocenters. The van der Waals surface area contributed by atoms with Gasteiger partial charge in [0.05, 0.1) is 6.26 Å². The minimum absolute atomic E-state index is 0.0598. The van der Waals surface area contributed by atoms with Gasteiger partial charge in [-0.05, 0) is 12.1 Å². The fourth-order valence-electron chi connectivity index (χ4n) is 1.45. The molecule has 2 heterocycles. The summed E-state index contributed by atoms with van der Waals surface area (Å²) in [6.45, 7) is 0.493. The molecule has 0 aliphatic rings. The van der Waals surface area contributed by atoms with Crippen molar-refractivity contribution in [3.8, 4) is 0 Å². The number of hydrogen-bond donors (Lipinski definition) is 3. The van der Waals surface area contributed by atoms with Crippen molar-refractivity contribution in [3.63, 3.8) is 0 Å². The summed E-state index contributed by atoms with van der Waals surface area (Å²) in [6, 6.07) is 3.17. The topological polar surface area (TPSA) is 123 Å². The van der Waals surface area contributed by atoms with Gasteiger partial charge in [0.2, 0.25) is 0 Å². The molecule has 0 aliphatic carbocycles. The zero-order valence-electron chi connectivity index (χ0n) is 10.5. The third kappa shape index (κ3) is 3.31. The van der Waals surface area contributed by atoms with E-state index in [9.17, 15) is 9.59 Å². The molecule has 20 heavy (non-hydrogen) atoms. The van der Waals surface area contributed by atoms with Crippen LogP contribution in [0.25, 0.3) is 0 Å². The van der Waals surface area contributed by atoms with Gasteiger partial charge in [-0.1, -0.05) is 0 Å². The highest BCUT2D eigenvalue weighted by atomic mass is 16.3. The van der Waals surface area contributed by atoms with Crippen LogP contribution in [-0.2, 0) is 0 Å². The van der Waals surface area contributed by atoms with E-state index in [-0.39, 0.29) is 36.3 Å². The number of aromatic nitrogens is 2. The van der Waals surface area contributed by atoms with Gasteiger partial charge < -0.3 is 20.8 Å². The van der Waals surface area contributed by atoms with Crippen LogP contribution < -0.4 is 16.4 Å². The third-order valence-corrected chi connectivity index (χ3v) is 2.38. The number of nitrogens with one attached hydrogen (secondary N) is 2. The molecule has 4 N–H and O–H groups in total. The number of rotatable bonds is 5. The number of furan rings is 1. The highest BCUT2D eigenvalue weighted by Crippen LogP contribution is 2.01. The highest BCUT2D eigenvalue weighted by Gasteiger charge is 2.11. The smallest absolute Gasteiger partial charge is 0.287 e. The van der Waals surface area contributed by atoms with Crippen molar-refractivity contribution < 1.29 is 14.0 Å². The van der Waals surface area contributed by atoms with E-state index < -0.39 is 5.91 Å². The second kappa shape index (κ2) is 6.32. The van der Waals surface area contributed by atoms with E-state index in [2.05, 4.69) is 20.6 Å². The van der Waals surface area contributed by atoms with Crippen LogP contribution >= 0.6 is 0 Å². The molecule has 0 unspecified atom stereocenters. The Morgan fingerprint density at radius 1 is 1.15 bits per heavy atom. The van der Waals surface area contributed by atoms with Gasteiger partial charge in [-0.25, -0.2) is 9.97 Å². The standard InChI is InChI=1S/C12H13N5O3/c13-10-9(14-3-4-15-10)12(19)17-6-5-16-11(18)8-2-1-7-20-8/h1-4,7H,5-6H2,(H2,13,15)(H,16,18)(H,17,19). The van der Waals surface area contributed by atoms with Gasteiger partial charge in [0, 0.05) is 25.5 Å². The number of nitrogens with two attached hydrogens (primary N) is 1. The van der Waals surface area contributed by atoms with Crippen LogP contribution in [0.5, 0.6) is 0 Å². The molecule has 2 rings (SSSR count). The number of carbonyl (C=O) groups is 2. The first kappa shape index (κ1) is 13.5. The van der Waals surface area contributed by atoms with Crippen LogP contribution in [0.3, 0.4) is 0 Å². The SMILES string of the molecule is Nc1nccnc1C(=O)NCCNC(=O)c1ccco1. The Hall–Kier alpha value is -2.90. The van der Waals surface area contributed by atoms with E-state index in [0.717, 1.165) is 0 Å². The van der Waals surface area contributed by atoms with Crippen LogP contribution in [0.15, 0.2) is 35.2 Å². The average Bonchev–Trinajstić information content (AvgIpc) is 2.98. The van der Waals surface area contributed by atoms with E-state index in [4.69, 9.17) is 10.2 Å². The molecule has 0 aromatic carbocycles. The Balaban J connectivity index is 1.75.